The molecule has 2 aliphatic rings. The molecule has 0 saturated carbocycles. The summed E-state index contributed by atoms with van der Waals surface area (Å²) in [5.41, 5.74) is 4.28. The van der Waals surface area contributed by atoms with E-state index in [9.17, 15) is 4.79 Å². The number of nitrogens with zero attached hydrogens (tertiary/aromatic N) is 2. The predicted octanol–water partition coefficient (Wildman–Crippen LogP) is 4.60. The zero-order valence-electron chi connectivity index (χ0n) is 16.8. The van der Waals surface area contributed by atoms with E-state index < -0.39 is 0 Å². The fraction of sp³-hybridized carbons (Fsp3) is 0.545. The van der Waals surface area contributed by atoms with Crippen LogP contribution in [0, 0.1) is 5.92 Å². The number of hydrogen-bond acceptors (Lipinski definition) is 3. The van der Waals surface area contributed by atoms with Gasteiger partial charge in [-0.2, -0.15) is 0 Å². The molecule has 0 fully saturated rings. The largest absolute Gasteiger partial charge is 0.465 e. The van der Waals surface area contributed by atoms with Crippen LogP contribution in [0.25, 0.3) is 0 Å². The summed E-state index contributed by atoms with van der Waals surface area (Å²) >= 11 is 0. The van der Waals surface area contributed by atoms with Crippen molar-refractivity contribution in [2.75, 3.05) is 25.5 Å². The van der Waals surface area contributed by atoms with Gasteiger partial charge in [-0.3, -0.25) is 4.99 Å². The Balaban J connectivity index is 1.78. The van der Waals surface area contributed by atoms with Gasteiger partial charge in [0, 0.05) is 25.3 Å². The second-order valence-electron chi connectivity index (χ2n) is 7.83. The Kier molecular flexibility index (Phi) is 6.54. The Labute approximate surface area is 162 Å². The van der Waals surface area contributed by atoms with E-state index in [1.54, 1.807) is 5.57 Å². The van der Waals surface area contributed by atoms with Gasteiger partial charge in [-0.15, -0.1) is 0 Å². The van der Waals surface area contributed by atoms with Gasteiger partial charge in [0.15, 0.2) is 5.96 Å². The van der Waals surface area contributed by atoms with Gasteiger partial charge in [0.1, 0.15) is 0 Å². The quantitative estimate of drug-likeness (QED) is 0.588. The third kappa shape index (κ3) is 5.12. The van der Waals surface area contributed by atoms with Gasteiger partial charge in [-0.05, 0) is 55.7 Å². The predicted molar refractivity (Wildman–Crippen MR) is 110 cm³/mol. The van der Waals surface area contributed by atoms with Crippen molar-refractivity contribution in [3.63, 3.8) is 0 Å². The van der Waals surface area contributed by atoms with Crippen LogP contribution in [0.5, 0.6) is 0 Å². The third-order valence-electron chi connectivity index (χ3n) is 5.13. The lowest BCUT2D eigenvalue weighted by atomic mass is 9.97. The molecule has 1 N–H and O–H groups in total. The van der Waals surface area contributed by atoms with Gasteiger partial charge in [-0.25, -0.2) is 4.79 Å². The van der Waals surface area contributed by atoms with Crippen LogP contribution in [-0.2, 0) is 11.3 Å². The number of carbonyl (C=O) groups excluding carboxylic acids is 1. The normalized spacial score (nSPS) is 18.1. The Morgan fingerprint density at radius 1 is 1.33 bits per heavy atom. The Morgan fingerprint density at radius 3 is 2.89 bits per heavy atom. The summed E-state index contributed by atoms with van der Waals surface area (Å²) in [4.78, 5) is 19.0. The van der Waals surface area contributed by atoms with Gasteiger partial charge in [0.25, 0.3) is 0 Å². The molecule has 0 bridgehead atoms. The van der Waals surface area contributed by atoms with Gasteiger partial charge in [-0.1, -0.05) is 31.6 Å². The zero-order valence-corrected chi connectivity index (χ0v) is 16.8. The molecule has 5 heteroatoms. The number of guanidine groups is 1. The number of carbonyl (C=O) groups is 1. The fourth-order valence-corrected chi connectivity index (χ4v) is 3.56. The molecule has 1 aliphatic heterocycles. The zero-order chi connectivity index (χ0) is 19.2. The lowest BCUT2D eigenvalue weighted by Gasteiger charge is -2.33. The highest BCUT2D eigenvalue weighted by Gasteiger charge is 2.22. The Morgan fingerprint density at radius 2 is 2.19 bits per heavy atom. The number of hydrogen-bond donors (Lipinski definition) is 1. The van der Waals surface area contributed by atoms with E-state index in [2.05, 4.69) is 30.1 Å². The number of anilines is 1. The maximum Gasteiger partial charge on any atom is 0.337 e. The van der Waals surface area contributed by atoms with Crippen LogP contribution in [0.1, 0.15) is 61.9 Å². The molecular formula is C22H31N3O2. The summed E-state index contributed by atoms with van der Waals surface area (Å²) in [5, 5.41) is 3.46. The van der Waals surface area contributed by atoms with E-state index in [0.29, 0.717) is 11.5 Å². The van der Waals surface area contributed by atoms with Crippen molar-refractivity contribution in [3.8, 4) is 0 Å². The molecule has 1 aromatic rings. The smallest absolute Gasteiger partial charge is 0.337 e. The highest BCUT2D eigenvalue weighted by atomic mass is 16.5. The highest BCUT2D eigenvalue weighted by Crippen LogP contribution is 2.27. The van der Waals surface area contributed by atoms with E-state index in [1.807, 2.05) is 18.2 Å². The molecule has 1 aliphatic carbocycles. The average Bonchev–Trinajstić information content (AvgIpc) is 2.70. The van der Waals surface area contributed by atoms with Gasteiger partial charge >= 0.3 is 5.97 Å². The average molecular weight is 370 g/mol. The molecular weight excluding hydrogens is 338 g/mol. The number of allylic oxidation sites excluding steroid dienone is 1. The summed E-state index contributed by atoms with van der Waals surface area (Å²) in [6.07, 6.45) is 8.61. The van der Waals surface area contributed by atoms with E-state index in [1.165, 1.54) is 38.4 Å². The van der Waals surface area contributed by atoms with Crippen molar-refractivity contribution in [1.82, 2.24) is 4.90 Å². The molecule has 0 amide bonds. The van der Waals surface area contributed by atoms with Gasteiger partial charge in [0.05, 0.1) is 12.7 Å². The van der Waals surface area contributed by atoms with Crippen molar-refractivity contribution in [1.29, 1.82) is 0 Å². The molecule has 0 saturated heterocycles. The minimum absolute atomic E-state index is 0.313. The number of esters is 1. The Hall–Kier alpha value is -2.30. The summed E-state index contributed by atoms with van der Waals surface area (Å²) in [6.45, 7) is 6.91. The van der Waals surface area contributed by atoms with Crippen molar-refractivity contribution in [2.24, 2.45) is 10.9 Å². The van der Waals surface area contributed by atoms with Crippen LogP contribution >= 0.6 is 0 Å². The highest BCUT2D eigenvalue weighted by molar-refractivity contribution is 5.98. The summed E-state index contributed by atoms with van der Waals surface area (Å²) in [6, 6.07) is 5.72. The molecule has 0 atom stereocenters. The summed E-state index contributed by atoms with van der Waals surface area (Å²) in [7, 11) is 1.41. The van der Waals surface area contributed by atoms with Crippen LogP contribution in [0.2, 0.25) is 0 Å². The molecule has 146 valence electrons. The number of fused-ring (bicyclic) bond motifs is 1. The summed E-state index contributed by atoms with van der Waals surface area (Å²) in [5.74, 6) is 1.10. The number of methoxy groups -OCH3 is 1. The molecule has 27 heavy (non-hydrogen) atoms. The maximum absolute atomic E-state index is 11.8. The second-order valence-corrected chi connectivity index (χ2v) is 7.83. The first-order chi connectivity index (χ1) is 13.1. The van der Waals surface area contributed by atoms with Crippen LogP contribution in [0.4, 0.5) is 5.69 Å². The number of benzene rings is 1. The van der Waals surface area contributed by atoms with Crippen LogP contribution in [0.3, 0.4) is 0 Å². The van der Waals surface area contributed by atoms with Crippen molar-refractivity contribution in [2.45, 2.75) is 52.5 Å². The third-order valence-corrected chi connectivity index (χ3v) is 5.13. The second kappa shape index (κ2) is 9.07. The number of ether oxygens (including phenoxy) is 1. The summed E-state index contributed by atoms with van der Waals surface area (Å²) < 4.78 is 4.85. The van der Waals surface area contributed by atoms with E-state index in [0.717, 1.165) is 37.7 Å². The minimum Gasteiger partial charge on any atom is -0.465 e. The number of aliphatic imine (C=N–C) groups is 1. The number of rotatable bonds is 6. The topological polar surface area (TPSA) is 53.9 Å². The molecule has 0 radical (unpaired) electrons. The van der Waals surface area contributed by atoms with Crippen LogP contribution in [-0.4, -0.2) is 37.0 Å². The number of nitrogens with one attached hydrogen (secondary N) is 1. The first-order valence-electron chi connectivity index (χ1n) is 10.0. The van der Waals surface area contributed by atoms with Crippen molar-refractivity contribution in [3.05, 3.63) is 41.0 Å². The fourth-order valence-electron chi connectivity index (χ4n) is 3.56. The van der Waals surface area contributed by atoms with E-state index in [4.69, 9.17) is 9.73 Å². The van der Waals surface area contributed by atoms with Crippen LogP contribution < -0.4 is 5.32 Å². The van der Waals surface area contributed by atoms with Gasteiger partial charge < -0.3 is 15.0 Å². The molecule has 1 heterocycles. The van der Waals surface area contributed by atoms with Gasteiger partial charge in [0.2, 0.25) is 0 Å². The molecule has 0 spiro atoms. The lowest BCUT2D eigenvalue weighted by Crippen LogP contribution is -2.41. The maximum atomic E-state index is 11.8. The first-order valence-corrected chi connectivity index (χ1v) is 10.0. The SMILES string of the molecule is COC(=O)c1ccc2c(c1)NC(=NCC(C)C)N(CCC1=CCCCC1)C2. The van der Waals surface area contributed by atoms with Crippen LogP contribution in [0.15, 0.2) is 34.8 Å². The Bertz CT molecular complexity index is 737. The van der Waals surface area contributed by atoms with E-state index >= 15 is 0 Å². The molecule has 0 aromatic heterocycles. The standard InChI is InChI=1S/C22H31N3O2/c1-16(2)14-23-22-24-20-13-18(21(26)27-3)9-10-19(20)15-25(22)12-11-17-7-5-4-6-8-17/h7,9-10,13,16H,4-6,8,11-12,14-15H2,1-3H3,(H,23,24). The molecule has 5 nitrogen and oxygen atoms in total. The monoisotopic (exact) mass is 369 g/mol. The van der Waals surface area contributed by atoms with Crippen molar-refractivity contribution < 1.29 is 9.53 Å². The minimum atomic E-state index is -0.313. The molecule has 0 unspecified atom stereocenters. The molecule has 1 aromatic carbocycles. The van der Waals surface area contributed by atoms with Crippen molar-refractivity contribution >= 4 is 17.6 Å². The van der Waals surface area contributed by atoms with E-state index in [-0.39, 0.29) is 5.97 Å². The lowest BCUT2D eigenvalue weighted by molar-refractivity contribution is 0.0600. The first kappa shape index (κ1) is 19.5. The molecule has 3 rings (SSSR count).